The van der Waals surface area contributed by atoms with Crippen molar-refractivity contribution in [1.82, 2.24) is 14.8 Å². The molecule has 0 aliphatic rings. The summed E-state index contributed by atoms with van der Waals surface area (Å²) in [5.74, 6) is 1.46. The lowest BCUT2D eigenvalue weighted by Crippen LogP contribution is -2.09. The number of esters is 1. The number of methoxy groups -OCH3 is 1. The molecule has 7 heteroatoms. The highest BCUT2D eigenvalue weighted by Gasteiger charge is 2.10. The van der Waals surface area contributed by atoms with Gasteiger partial charge in [-0.3, -0.25) is 4.79 Å². The molecule has 18 heavy (non-hydrogen) atoms. The lowest BCUT2D eigenvalue weighted by molar-refractivity contribution is -0.140. The Morgan fingerprint density at radius 2 is 2.28 bits per heavy atom. The molecule has 0 saturated carbocycles. The van der Waals surface area contributed by atoms with E-state index in [4.69, 9.17) is 5.73 Å². The molecule has 102 valence electrons. The summed E-state index contributed by atoms with van der Waals surface area (Å²) in [6, 6.07) is 0. The van der Waals surface area contributed by atoms with Crippen LogP contribution in [0.25, 0.3) is 0 Å². The summed E-state index contributed by atoms with van der Waals surface area (Å²) in [4.78, 5) is 11.0. The molecule has 6 nitrogen and oxygen atoms in total. The van der Waals surface area contributed by atoms with Crippen molar-refractivity contribution in [3.05, 3.63) is 5.82 Å². The van der Waals surface area contributed by atoms with Gasteiger partial charge in [0, 0.05) is 18.7 Å². The smallest absolute Gasteiger partial charge is 0.305 e. The summed E-state index contributed by atoms with van der Waals surface area (Å²) in [5, 5.41) is 9.06. The van der Waals surface area contributed by atoms with Crippen molar-refractivity contribution in [3.63, 3.8) is 0 Å². The van der Waals surface area contributed by atoms with Gasteiger partial charge in [0.15, 0.2) is 5.16 Å². The van der Waals surface area contributed by atoms with Gasteiger partial charge in [-0.05, 0) is 12.8 Å². The van der Waals surface area contributed by atoms with Gasteiger partial charge in [0.1, 0.15) is 5.82 Å². The van der Waals surface area contributed by atoms with Crippen LogP contribution in [0.15, 0.2) is 5.16 Å². The van der Waals surface area contributed by atoms with E-state index in [2.05, 4.69) is 21.9 Å². The zero-order valence-electron chi connectivity index (χ0n) is 10.9. The van der Waals surface area contributed by atoms with Gasteiger partial charge in [0.25, 0.3) is 0 Å². The van der Waals surface area contributed by atoms with Crippen LogP contribution in [0.5, 0.6) is 0 Å². The average Bonchev–Trinajstić information content (AvgIpc) is 2.77. The van der Waals surface area contributed by atoms with Crippen LogP contribution in [0.4, 0.5) is 0 Å². The zero-order valence-corrected chi connectivity index (χ0v) is 11.7. The van der Waals surface area contributed by atoms with E-state index in [-0.39, 0.29) is 5.97 Å². The van der Waals surface area contributed by atoms with Gasteiger partial charge in [-0.25, -0.2) is 0 Å². The number of ether oxygens (including phenoxy) is 1. The Bertz CT molecular complexity index is 381. The van der Waals surface area contributed by atoms with Crippen molar-refractivity contribution >= 4 is 17.7 Å². The third-order valence-corrected chi connectivity index (χ3v) is 3.46. The fourth-order valence-corrected chi connectivity index (χ4v) is 2.43. The summed E-state index contributed by atoms with van der Waals surface area (Å²) >= 11 is 1.60. The second-order valence-electron chi connectivity index (χ2n) is 3.78. The molecule has 2 N–H and O–H groups in total. The third-order valence-electron chi connectivity index (χ3n) is 2.41. The molecule has 0 saturated heterocycles. The number of carbonyl (C=O) groups excluding carboxylic acids is 1. The van der Waals surface area contributed by atoms with Crippen molar-refractivity contribution in [1.29, 1.82) is 0 Å². The largest absolute Gasteiger partial charge is 0.469 e. The Hall–Kier alpha value is -1.08. The Balaban J connectivity index is 2.46. The third kappa shape index (κ3) is 4.30. The second kappa shape index (κ2) is 8.10. The summed E-state index contributed by atoms with van der Waals surface area (Å²) in [7, 11) is 1.40. The number of hydrogen-bond acceptors (Lipinski definition) is 6. The summed E-state index contributed by atoms with van der Waals surface area (Å²) in [6.07, 6.45) is 2.23. The van der Waals surface area contributed by atoms with Gasteiger partial charge in [-0.2, -0.15) is 0 Å². The van der Waals surface area contributed by atoms with Crippen LogP contribution in [-0.4, -0.2) is 33.6 Å². The molecule has 1 heterocycles. The Labute approximate surface area is 111 Å². The maximum absolute atomic E-state index is 11.0. The number of nitrogens with zero attached hydrogens (tertiary/aromatic N) is 3. The SMILES string of the molecule is CCCn1c(CN)nnc1SCCCC(=O)OC. The van der Waals surface area contributed by atoms with Crippen LogP contribution in [0.3, 0.4) is 0 Å². The van der Waals surface area contributed by atoms with E-state index in [1.807, 2.05) is 4.57 Å². The molecule has 0 aromatic carbocycles. The Morgan fingerprint density at radius 1 is 1.50 bits per heavy atom. The van der Waals surface area contributed by atoms with Gasteiger partial charge < -0.3 is 15.0 Å². The van der Waals surface area contributed by atoms with Crippen molar-refractivity contribution < 1.29 is 9.53 Å². The molecule has 0 aliphatic heterocycles. The number of rotatable bonds is 8. The van der Waals surface area contributed by atoms with Gasteiger partial charge >= 0.3 is 5.97 Å². The van der Waals surface area contributed by atoms with Crippen LogP contribution in [0, 0.1) is 0 Å². The van der Waals surface area contributed by atoms with Crippen molar-refractivity contribution in [3.8, 4) is 0 Å². The topological polar surface area (TPSA) is 83.0 Å². The molecule has 0 spiro atoms. The number of thioether (sulfide) groups is 1. The quantitative estimate of drug-likeness (QED) is 0.435. The first-order chi connectivity index (χ1) is 8.72. The van der Waals surface area contributed by atoms with Gasteiger partial charge in [0.05, 0.1) is 13.7 Å². The fraction of sp³-hybridized carbons (Fsp3) is 0.727. The molecule has 1 aromatic heterocycles. The monoisotopic (exact) mass is 272 g/mol. The minimum absolute atomic E-state index is 0.173. The van der Waals surface area contributed by atoms with E-state index >= 15 is 0 Å². The highest BCUT2D eigenvalue weighted by molar-refractivity contribution is 7.99. The van der Waals surface area contributed by atoms with E-state index in [0.717, 1.165) is 36.1 Å². The molecule has 1 aromatic rings. The normalized spacial score (nSPS) is 10.6. The molecular formula is C11H20N4O2S. The van der Waals surface area contributed by atoms with E-state index in [9.17, 15) is 4.79 Å². The molecule has 0 fully saturated rings. The second-order valence-corrected chi connectivity index (χ2v) is 4.84. The molecular weight excluding hydrogens is 252 g/mol. The molecule has 1 rings (SSSR count). The first kappa shape index (κ1) is 15.0. The van der Waals surface area contributed by atoms with Crippen LogP contribution in [0.2, 0.25) is 0 Å². The molecule has 0 unspecified atom stereocenters. The lowest BCUT2D eigenvalue weighted by Gasteiger charge is -2.07. The molecule has 0 bridgehead atoms. The number of carbonyl (C=O) groups is 1. The van der Waals surface area contributed by atoms with Gasteiger partial charge in [0.2, 0.25) is 0 Å². The minimum Gasteiger partial charge on any atom is -0.469 e. The molecule has 0 atom stereocenters. The summed E-state index contributed by atoms with van der Waals surface area (Å²) in [5.41, 5.74) is 5.61. The van der Waals surface area contributed by atoms with Gasteiger partial charge in [-0.1, -0.05) is 18.7 Å². The predicted octanol–water partition coefficient (Wildman–Crippen LogP) is 1.19. The van der Waals surface area contributed by atoms with Crippen LogP contribution < -0.4 is 5.73 Å². The number of hydrogen-bond donors (Lipinski definition) is 1. The number of aromatic nitrogens is 3. The Kier molecular flexibility index (Phi) is 6.74. The maximum Gasteiger partial charge on any atom is 0.305 e. The summed E-state index contributed by atoms with van der Waals surface area (Å²) in [6.45, 7) is 3.38. The van der Waals surface area contributed by atoms with Crippen molar-refractivity contribution in [2.45, 2.75) is 44.4 Å². The van der Waals surface area contributed by atoms with E-state index in [1.54, 1.807) is 11.8 Å². The predicted molar refractivity (Wildman–Crippen MR) is 70.2 cm³/mol. The fourth-order valence-electron chi connectivity index (χ4n) is 1.51. The minimum atomic E-state index is -0.173. The number of nitrogens with two attached hydrogens (primary N) is 1. The van der Waals surface area contributed by atoms with Crippen molar-refractivity contribution in [2.75, 3.05) is 12.9 Å². The maximum atomic E-state index is 11.0. The highest BCUT2D eigenvalue weighted by atomic mass is 32.2. The van der Waals surface area contributed by atoms with E-state index in [1.165, 1.54) is 7.11 Å². The zero-order chi connectivity index (χ0) is 13.4. The average molecular weight is 272 g/mol. The van der Waals surface area contributed by atoms with Crippen molar-refractivity contribution in [2.24, 2.45) is 5.73 Å². The summed E-state index contributed by atoms with van der Waals surface area (Å²) < 4.78 is 6.63. The molecule has 0 amide bonds. The first-order valence-electron chi connectivity index (χ1n) is 6.04. The first-order valence-corrected chi connectivity index (χ1v) is 7.03. The Morgan fingerprint density at radius 3 is 2.89 bits per heavy atom. The van der Waals surface area contributed by atoms with E-state index in [0.29, 0.717) is 13.0 Å². The standard InChI is InChI=1S/C11H20N4O2S/c1-3-6-15-9(8-12)13-14-11(15)18-7-4-5-10(16)17-2/h3-8,12H2,1-2H3. The molecule has 0 radical (unpaired) electrons. The van der Waals surface area contributed by atoms with Crippen LogP contribution in [-0.2, 0) is 22.6 Å². The van der Waals surface area contributed by atoms with Crippen LogP contribution >= 0.6 is 11.8 Å². The lowest BCUT2D eigenvalue weighted by atomic mass is 10.3. The van der Waals surface area contributed by atoms with Gasteiger partial charge in [-0.15, -0.1) is 10.2 Å². The molecule has 0 aliphatic carbocycles. The highest BCUT2D eigenvalue weighted by Crippen LogP contribution is 2.18. The van der Waals surface area contributed by atoms with Crippen LogP contribution in [0.1, 0.15) is 32.0 Å². The van der Waals surface area contributed by atoms with E-state index < -0.39 is 0 Å².